The van der Waals surface area contributed by atoms with E-state index in [0.717, 1.165) is 17.7 Å². The third-order valence-corrected chi connectivity index (χ3v) is 4.00. The van der Waals surface area contributed by atoms with Crippen LogP contribution >= 0.6 is 0 Å². The number of halogens is 1. The van der Waals surface area contributed by atoms with E-state index in [1.807, 2.05) is 13.1 Å². The van der Waals surface area contributed by atoms with Gasteiger partial charge in [0.2, 0.25) is 10.0 Å². The summed E-state index contributed by atoms with van der Waals surface area (Å²) < 4.78 is 40.6. The molecule has 0 amide bonds. The van der Waals surface area contributed by atoms with E-state index in [1.165, 1.54) is 12.1 Å². The van der Waals surface area contributed by atoms with Gasteiger partial charge in [-0.3, -0.25) is 4.68 Å². The molecule has 1 aromatic heterocycles. The van der Waals surface area contributed by atoms with E-state index in [-0.39, 0.29) is 11.4 Å². The van der Waals surface area contributed by atoms with E-state index in [1.54, 1.807) is 10.9 Å². The third-order valence-electron chi connectivity index (χ3n) is 2.52. The van der Waals surface area contributed by atoms with Crippen LogP contribution in [0.15, 0.2) is 41.6 Å². The summed E-state index contributed by atoms with van der Waals surface area (Å²) in [6.45, 7) is 2.57. The van der Waals surface area contributed by atoms with Gasteiger partial charge in [-0.25, -0.2) is 17.5 Å². The number of sulfonamides is 1. The first-order valence-electron chi connectivity index (χ1n) is 5.72. The summed E-state index contributed by atoms with van der Waals surface area (Å²) >= 11 is 0. The fourth-order valence-electron chi connectivity index (χ4n) is 1.58. The second-order valence-electron chi connectivity index (χ2n) is 4.13. The molecule has 0 bridgehead atoms. The lowest BCUT2D eigenvalue weighted by Gasteiger charge is -2.06. The average molecular weight is 283 g/mol. The van der Waals surface area contributed by atoms with Gasteiger partial charge in [-0.15, -0.1) is 0 Å². The summed E-state index contributed by atoms with van der Waals surface area (Å²) in [4.78, 5) is 0.0468. The van der Waals surface area contributed by atoms with Crippen molar-refractivity contribution in [1.82, 2.24) is 14.5 Å². The van der Waals surface area contributed by atoms with E-state index in [9.17, 15) is 12.8 Å². The summed E-state index contributed by atoms with van der Waals surface area (Å²) in [7, 11) is -3.60. The Morgan fingerprint density at radius 3 is 2.58 bits per heavy atom. The second-order valence-corrected chi connectivity index (χ2v) is 5.90. The van der Waals surface area contributed by atoms with E-state index in [0.29, 0.717) is 6.54 Å². The molecule has 2 aromatic rings. The zero-order valence-electron chi connectivity index (χ0n) is 10.4. The first-order chi connectivity index (χ1) is 8.97. The average Bonchev–Trinajstić information content (AvgIpc) is 2.75. The normalized spacial score (nSPS) is 11.7. The molecule has 0 unspecified atom stereocenters. The van der Waals surface area contributed by atoms with Gasteiger partial charge in [0, 0.05) is 12.7 Å². The van der Waals surface area contributed by atoms with Crippen molar-refractivity contribution in [3.05, 3.63) is 48.0 Å². The zero-order chi connectivity index (χ0) is 13.9. The molecule has 0 saturated carbocycles. The Morgan fingerprint density at radius 1 is 1.32 bits per heavy atom. The van der Waals surface area contributed by atoms with Crippen LogP contribution in [0.3, 0.4) is 0 Å². The number of aryl methyl sites for hydroxylation is 1. The van der Waals surface area contributed by atoms with Gasteiger partial charge < -0.3 is 0 Å². The van der Waals surface area contributed by atoms with Crippen molar-refractivity contribution >= 4 is 10.0 Å². The molecule has 0 aliphatic heterocycles. The van der Waals surface area contributed by atoms with Gasteiger partial charge in [0.05, 0.1) is 17.6 Å². The maximum Gasteiger partial charge on any atom is 0.240 e. The van der Waals surface area contributed by atoms with Crippen LogP contribution in [0.25, 0.3) is 0 Å². The summed E-state index contributed by atoms with van der Waals surface area (Å²) in [6, 6.07) is 4.70. The standard InChI is InChI=1S/C12H14FN3O2S/c1-10-8-14-16(9-10)7-6-15-19(17,18)12-4-2-11(13)3-5-12/h2-5,8-9,15H,6-7H2,1H3. The van der Waals surface area contributed by atoms with Crippen LogP contribution < -0.4 is 4.72 Å². The fraction of sp³-hybridized carbons (Fsp3) is 0.250. The first kappa shape index (κ1) is 13.7. The van der Waals surface area contributed by atoms with Crippen LogP contribution in [0.1, 0.15) is 5.56 Å². The lowest BCUT2D eigenvalue weighted by Crippen LogP contribution is -2.27. The van der Waals surface area contributed by atoms with Crippen LogP contribution in [0.5, 0.6) is 0 Å². The number of nitrogens with zero attached hydrogens (tertiary/aromatic N) is 2. The van der Waals surface area contributed by atoms with Gasteiger partial charge in [-0.05, 0) is 36.8 Å². The van der Waals surface area contributed by atoms with Gasteiger partial charge in [-0.1, -0.05) is 0 Å². The topological polar surface area (TPSA) is 64.0 Å². The maximum absolute atomic E-state index is 12.7. The Morgan fingerprint density at radius 2 is 2.00 bits per heavy atom. The SMILES string of the molecule is Cc1cnn(CCNS(=O)(=O)c2ccc(F)cc2)c1. The van der Waals surface area contributed by atoms with Crippen molar-refractivity contribution in [1.29, 1.82) is 0 Å². The van der Waals surface area contributed by atoms with Crippen LogP contribution in [0.2, 0.25) is 0 Å². The minimum Gasteiger partial charge on any atom is -0.271 e. The maximum atomic E-state index is 12.7. The van der Waals surface area contributed by atoms with Crippen LogP contribution in [-0.4, -0.2) is 24.7 Å². The number of hydrogen-bond donors (Lipinski definition) is 1. The minimum atomic E-state index is -3.60. The number of benzene rings is 1. The molecule has 0 fully saturated rings. The van der Waals surface area contributed by atoms with Crippen LogP contribution in [0.4, 0.5) is 4.39 Å². The molecule has 0 aliphatic carbocycles. The van der Waals surface area contributed by atoms with Gasteiger partial charge in [0.25, 0.3) is 0 Å². The number of nitrogens with one attached hydrogen (secondary N) is 1. The predicted molar refractivity (Wildman–Crippen MR) is 68.6 cm³/mol. The number of hydrogen-bond acceptors (Lipinski definition) is 3. The van der Waals surface area contributed by atoms with Crippen molar-refractivity contribution in [3.8, 4) is 0 Å². The molecule has 0 saturated heterocycles. The molecule has 0 radical (unpaired) electrons. The Hall–Kier alpha value is -1.73. The lowest BCUT2D eigenvalue weighted by molar-refractivity contribution is 0.560. The van der Waals surface area contributed by atoms with Gasteiger partial charge >= 0.3 is 0 Å². The summed E-state index contributed by atoms with van der Waals surface area (Å²) in [5.74, 6) is -0.467. The smallest absolute Gasteiger partial charge is 0.240 e. The molecule has 19 heavy (non-hydrogen) atoms. The van der Waals surface area contributed by atoms with E-state index < -0.39 is 15.8 Å². The predicted octanol–water partition coefficient (Wildman–Crippen LogP) is 1.31. The van der Waals surface area contributed by atoms with Gasteiger partial charge in [0.1, 0.15) is 5.82 Å². The summed E-state index contributed by atoms with van der Waals surface area (Å²) in [5, 5.41) is 4.05. The zero-order valence-corrected chi connectivity index (χ0v) is 11.2. The van der Waals surface area contributed by atoms with Crippen molar-refractivity contribution in [2.75, 3.05) is 6.54 Å². The largest absolute Gasteiger partial charge is 0.271 e. The molecule has 1 N–H and O–H groups in total. The second kappa shape index (κ2) is 5.50. The highest BCUT2D eigenvalue weighted by Crippen LogP contribution is 2.09. The number of rotatable bonds is 5. The fourth-order valence-corrected chi connectivity index (χ4v) is 2.60. The molecule has 7 heteroatoms. The molecular weight excluding hydrogens is 269 g/mol. The third kappa shape index (κ3) is 3.62. The molecule has 0 aliphatic rings. The summed E-state index contributed by atoms with van der Waals surface area (Å²) in [6.07, 6.45) is 3.53. The monoisotopic (exact) mass is 283 g/mol. The first-order valence-corrected chi connectivity index (χ1v) is 7.20. The Kier molecular flexibility index (Phi) is 3.96. The highest BCUT2D eigenvalue weighted by atomic mass is 32.2. The van der Waals surface area contributed by atoms with Crippen molar-refractivity contribution < 1.29 is 12.8 Å². The van der Waals surface area contributed by atoms with Crippen molar-refractivity contribution in [2.45, 2.75) is 18.4 Å². The van der Waals surface area contributed by atoms with E-state index in [2.05, 4.69) is 9.82 Å². The van der Waals surface area contributed by atoms with E-state index in [4.69, 9.17) is 0 Å². The van der Waals surface area contributed by atoms with Crippen molar-refractivity contribution in [2.24, 2.45) is 0 Å². The Bertz CT molecular complexity index is 650. The van der Waals surface area contributed by atoms with Crippen LogP contribution in [-0.2, 0) is 16.6 Å². The molecule has 1 aromatic carbocycles. The van der Waals surface area contributed by atoms with Gasteiger partial charge in [-0.2, -0.15) is 5.10 Å². The minimum absolute atomic E-state index is 0.0468. The highest BCUT2D eigenvalue weighted by Gasteiger charge is 2.13. The molecule has 5 nitrogen and oxygen atoms in total. The highest BCUT2D eigenvalue weighted by molar-refractivity contribution is 7.89. The summed E-state index contributed by atoms with van der Waals surface area (Å²) in [5.41, 5.74) is 1.02. The molecule has 2 rings (SSSR count). The molecular formula is C12H14FN3O2S. The Balaban J connectivity index is 1.96. The molecule has 1 heterocycles. The molecule has 0 spiro atoms. The van der Waals surface area contributed by atoms with Crippen LogP contribution in [0, 0.1) is 12.7 Å². The molecule has 102 valence electrons. The Labute approximate surface area is 111 Å². The quantitative estimate of drug-likeness (QED) is 0.900. The van der Waals surface area contributed by atoms with Gasteiger partial charge in [0.15, 0.2) is 0 Å². The van der Waals surface area contributed by atoms with E-state index >= 15 is 0 Å². The van der Waals surface area contributed by atoms with Crippen molar-refractivity contribution in [3.63, 3.8) is 0 Å². The molecule has 0 atom stereocenters. The lowest BCUT2D eigenvalue weighted by atomic mass is 10.4. The number of aromatic nitrogens is 2.